The number of carbonyl (C=O) groups is 1. The van der Waals surface area contributed by atoms with E-state index in [1.165, 1.54) is 0 Å². The predicted octanol–water partition coefficient (Wildman–Crippen LogP) is 2.67. The fraction of sp³-hybridized carbons (Fsp3) is 0.200. The summed E-state index contributed by atoms with van der Waals surface area (Å²) in [5.74, 6) is 0. The van der Waals surface area contributed by atoms with Gasteiger partial charge in [0.05, 0.1) is 21.1 Å². The average Bonchev–Trinajstić information content (AvgIpc) is 2.56. The first-order valence-electron chi connectivity index (χ1n) is 5.10. The van der Waals surface area contributed by atoms with E-state index in [1.54, 1.807) is 12.1 Å². The van der Waals surface area contributed by atoms with E-state index in [2.05, 4.69) is 10.3 Å². The second-order valence-electron chi connectivity index (χ2n) is 3.66. The number of H-pyrrole nitrogens is 1. The van der Waals surface area contributed by atoms with Gasteiger partial charge in [-0.25, -0.2) is 4.79 Å². The van der Waals surface area contributed by atoms with Gasteiger partial charge in [-0.2, -0.15) is 0 Å². The van der Waals surface area contributed by atoms with E-state index in [0.29, 0.717) is 27.9 Å². The van der Waals surface area contributed by atoms with Crippen molar-refractivity contribution in [1.82, 2.24) is 14.9 Å². The van der Waals surface area contributed by atoms with Crippen molar-refractivity contribution in [2.24, 2.45) is 5.73 Å². The van der Waals surface area contributed by atoms with E-state index in [0.717, 1.165) is 11.0 Å². The number of fused-ring (bicyclic) bond motifs is 1. The summed E-state index contributed by atoms with van der Waals surface area (Å²) in [5.41, 5.74) is 6.63. The number of carbonyl (C=O) groups excluding carboxylic acids is 1. The molecule has 2 rings (SSSR count). The van der Waals surface area contributed by atoms with E-state index < -0.39 is 6.03 Å². The number of nitrogens with zero attached hydrogens (tertiary/aromatic N) is 1. The molecule has 1 aromatic heterocycles. The molecule has 0 aliphatic rings. The SMILES string of the molecule is NC(=O)NCCn1c(=S)[nH]c2cc(Cl)c(Cl)cc21. The highest BCUT2D eigenvalue weighted by Gasteiger charge is 2.08. The summed E-state index contributed by atoms with van der Waals surface area (Å²) < 4.78 is 2.36. The molecule has 0 bridgehead atoms. The minimum absolute atomic E-state index is 0.386. The number of aromatic amines is 1. The zero-order valence-electron chi connectivity index (χ0n) is 9.17. The Morgan fingerprint density at radius 3 is 2.78 bits per heavy atom. The van der Waals surface area contributed by atoms with E-state index in [9.17, 15) is 4.79 Å². The minimum atomic E-state index is -0.567. The van der Waals surface area contributed by atoms with Crippen LogP contribution in [-0.4, -0.2) is 22.1 Å². The molecule has 0 unspecified atom stereocenters. The summed E-state index contributed by atoms with van der Waals surface area (Å²) in [6.07, 6.45) is 0. The summed E-state index contributed by atoms with van der Waals surface area (Å²) in [5, 5.41) is 3.41. The molecule has 18 heavy (non-hydrogen) atoms. The Kier molecular flexibility index (Phi) is 3.79. The smallest absolute Gasteiger partial charge is 0.312 e. The Morgan fingerprint density at radius 2 is 2.11 bits per heavy atom. The van der Waals surface area contributed by atoms with Crippen molar-refractivity contribution >= 4 is 52.5 Å². The zero-order valence-corrected chi connectivity index (χ0v) is 11.5. The number of imidazole rings is 1. The second-order valence-corrected chi connectivity index (χ2v) is 4.86. The standard InChI is InChI=1S/C10H10Cl2N4OS/c11-5-3-7-8(4-6(5)12)16(10(18)15-7)2-1-14-9(13)17/h3-4H,1-2H2,(H,15,18)(H3,13,14,17). The van der Waals surface area contributed by atoms with Gasteiger partial charge >= 0.3 is 6.03 Å². The predicted molar refractivity (Wildman–Crippen MR) is 74.7 cm³/mol. The molecule has 96 valence electrons. The number of urea groups is 1. The number of nitrogens with one attached hydrogen (secondary N) is 2. The Labute approximate surface area is 118 Å². The molecule has 0 fully saturated rings. The van der Waals surface area contributed by atoms with Crippen LogP contribution in [0.3, 0.4) is 0 Å². The normalized spacial score (nSPS) is 10.8. The Bertz CT molecular complexity index is 664. The molecule has 0 atom stereocenters. The van der Waals surface area contributed by atoms with Crippen LogP contribution >= 0.6 is 35.4 Å². The Hall–Kier alpha value is -1.24. The van der Waals surface area contributed by atoms with Crippen molar-refractivity contribution in [3.05, 3.63) is 26.9 Å². The van der Waals surface area contributed by atoms with Gasteiger partial charge in [-0.15, -0.1) is 0 Å². The molecular formula is C10H10Cl2N4OS. The van der Waals surface area contributed by atoms with Crippen LogP contribution in [0.15, 0.2) is 12.1 Å². The fourth-order valence-corrected chi connectivity index (χ4v) is 2.29. The summed E-state index contributed by atoms with van der Waals surface area (Å²) >= 11 is 17.1. The van der Waals surface area contributed by atoms with Crippen LogP contribution in [0.4, 0.5) is 4.79 Å². The third-order valence-corrected chi connectivity index (χ3v) is 3.50. The lowest BCUT2D eigenvalue weighted by molar-refractivity contribution is 0.248. The van der Waals surface area contributed by atoms with Gasteiger partial charge in [0.15, 0.2) is 4.77 Å². The molecule has 1 aromatic carbocycles. The van der Waals surface area contributed by atoms with Gasteiger partial charge in [0.2, 0.25) is 0 Å². The molecule has 1 heterocycles. The molecule has 0 saturated heterocycles. The third-order valence-electron chi connectivity index (χ3n) is 2.45. The number of rotatable bonds is 3. The van der Waals surface area contributed by atoms with Crippen LogP contribution in [0.2, 0.25) is 10.0 Å². The lowest BCUT2D eigenvalue weighted by Gasteiger charge is -2.05. The molecule has 8 heteroatoms. The number of aromatic nitrogens is 2. The number of hydrogen-bond acceptors (Lipinski definition) is 2. The molecule has 0 aliphatic carbocycles. The van der Waals surface area contributed by atoms with Crippen LogP contribution < -0.4 is 11.1 Å². The zero-order chi connectivity index (χ0) is 13.3. The Balaban J connectivity index is 2.37. The highest BCUT2D eigenvalue weighted by atomic mass is 35.5. The number of benzene rings is 1. The molecular weight excluding hydrogens is 295 g/mol. The minimum Gasteiger partial charge on any atom is -0.352 e. The molecule has 0 saturated carbocycles. The first kappa shape index (κ1) is 13.2. The topological polar surface area (TPSA) is 75.8 Å². The van der Waals surface area contributed by atoms with Gasteiger partial charge in [-0.3, -0.25) is 0 Å². The van der Waals surface area contributed by atoms with Crippen LogP contribution in [0.25, 0.3) is 11.0 Å². The van der Waals surface area contributed by atoms with E-state index >= 15 is 0 Å². The quantitative estimate of drug-likeness (QED) is 0.763. The lowest BCUT2D eigenvalue weighted by Crippen LogP contribution is -2.32. The fourth-order valence-electron chi connectivity index (χ4n) is 1.66. The van der Waals surface area contributed by atoms with Gasteiger partial charge in [0.25, 0.3) is 0 Å². The van der Waals surface area contributed by atoms with Crippen molar-refractivity contribution in [2.45, 2.75) is 6.54 Å². The summed E-state index contributed by atoms with van der Waals surface area (Å²) in [6.45, 7) is 0.885. The van der Waals surface area contributed by atoms with E-state index in [1.807, 2.05) is 4.57 Å². The molecule has 0 radical (unpaired) electrons. The van der Waals surface area contributed by atoms with Crippen LogP contribution in [0.5, 0.6) is 0 Å². The highest BCUT2D eigenvalue weighted by Crippen LogP contribution is 2.27. The number of hydrogen-bond donors (Lipinski definition) is 3. The van der Waals surface area contributed by atoms with E-state index in [-0.39, 0.29) is 0 Å². The number of amides is 2. The molecule has 0 spiro atoms. The summed E-state index contributed by atoms with van der Waals surface area (Å²) in [7, 11) is 0. The second kappa shape index (κ2) is 5.17. The number of primary amides is 1. The highest BCUT2D eigenvalue weighted by molar-refractivity contribution is 7.71. The summed E-state index contributed by atoms with van der Waals surface area (Å²) in [6, 6.07) is 2.88. The molecule has 2 aromatic rings. The molecule has 2 amide bonds. The van der Waals surface area contributed by atoms with Crippen molar-refractivity contribution in [2.75, 3.05) is 6.54 Å². The van der Waals surface area contributed by atoms with Gasteiger partial charge < -0.3 is 20.6 Å². The van der Waals surface area contributed by atoms with Gasteiger partial charge in [-0.05, 0) is 24.4 Å². The lowest BCUT2D eigenvalue weighted by atomic mass is 10.3. The van der Waals surface area contributed by atoms with Crippen molar-refractivity contribution < 1.29 is 4.79 Å². The summed E-state index contributed by atoms with van der Waals surface area (Å²) in [4.78, 5) is 13.6. The van der Waals surface area contributed by atoms with Gasteiger partial charge in [0.1, 0.15) is 0 Å². The van der Waals surface area contributed by atoms with Gasteiger partial charge in [-0.1, -0.05) is 23.2 Å². The van der Waals surface area contributed by atoms with Crippen LogP contribution in [-0.2, 0) is 6.54 Å². The van der Waals surface area contributed by atoms with Gasteiger partial charge in [0, 0.05) is 13.1 Å². The average molecular weight is 305 g/mol. The number of nitrogens with two attached hydrogens (primary N) is 1. The maximum absolute atomic E-state index is 10.6. The molecule has 4 N–H and O–H groups in total. The van der Waals surface area contributed by atoms with Crippen LogP contribution in [0, 0.1) is 4.77 Å². The van der Waals surface area contributed by atoms with Crippen molar-refractivity contribution in [3.63, 3.8) is 0 Å². The van der Waals surface area contributed by atoms with Crippen molar-refractivity contribution in [3.8, 4) is 0 Å². The maximum Gasteiger partial charge on any atom is 0.312 e. The van der Waals surface area contributed by atoms with Crippen molar-refractivity contribution in [1.29, 1.82) is 0 Å². The third kappa shape index (κ3) is 2.60. The monoisotopic (exact) mass is 304 g/mol. The van der Waals surface area contributed by atoms with E-state index in [4.69, 9.17) is 41.2 Å². The maximum atomic E-state index is 10.6. The first-order chi connectivity index (χ1) is 8.49. The first-order valence-corrected chi connectivity index (χ1v) is 6.26. The van der Waals surface area contributed by atoms with Crippen LogP contribution in [0.1, 0.15) is 0 Å². The molecule has 5 nitrogen and oxygen atoms in total. The number of halogens is 2. The largest absolute Gasteiger partial charge is 0.352 e. The Morgan fingerprint density at radius 1 is 1.44 bits per heavy atom. The molecule has 0 aliphatic heterocycles.